The van der Waals surface area contributed by atoms with E-state index in [-0.39, 0.29) is 31.6 Å². The lowest BCUT2D eigenvalue weighted by molar-refractivity contribution is -0.122. The average Bonchev–Trinajstić information content (AvgIpc) is 3.11. The molecule has 0 heterocycles. The second-order valence-corrected chi connectivity index (χ2v) is 8.86. The third-order valence-corrected chi connectivity index (χ3v) is 6.30. The number of carbonyl (C=O) groups is 1. The number of hydrogen-bond donors (Lipinski definition) is 2. The van der Waals surface area contributed by atoms with Crippen molar-refractivity contribution in [1.82, 2.24) is 5.32 Å². The zero-order valence-corrected chi connectivity index (χ0v) is 21.5. The van der Waals surface area contributed by atoms with Crippen molar-refractivity contribution in [2.24, 2.45) is 0 Å². The molecule has 1 atom stereocenters. The first-order valence-electron chi connectivity index (χ1n) is 12.7. The summed E-state index contributed by atoms with van der Waals surface area (Å²) >= 11 is 0. The van der Waals surface area contributed by atoms with Crippen LogP contribution in [0.25, 0.3) is 5.57 Å². The fraction of sp³-hybridized carbons (Fsp3) is 0.182. The summed E-state index contributed by atoms with van der Waals surface area (Å²) in [5.41, 5.74) is 5.08. The van der Waals surface area contributed by atoms with E-state index in [0.717, 1.165) is 23.1 Å². The first-order chi connectivity index (χ1) is 18.7. The Kier molecular flexibility index (Phi) is 9.71. The molecule has 0 saturated heterocycles. The number of benzene rings is 3. The number of rotatable bonds is 10. The van der Waals surface area contributed by atoms with E-state index in [1.54, 1.807) is 25.3 Å². The number of hydrogen-bond acceptors (Lipinski definition) is 4. The molecule has 194 valence electrons. The number of aliphatic hydroxyl groups is 1. The predicted octanol–water partition coefficient (Wildman–Crippen LogP) is 6.32. The van der Waals surface area contributed by atoms with Crippen LogP contribution in [0.2, 0.25) is 0 Å². The number of carbonyl (C=O) groups excluding carboxylic acids is 1. The molecule has 0 bridgehead atoms. The van der Waals surface area contributed by atoms with Crippen LogP contribution < -0.4 is 14.8 Å². The molecular weight excluding hydrogens is 474 g/mol. The Labute approximate surface area is 224 Å². The van der Waals surface area contributed by atoms with E-state index < -0.39 is 0 Å². The van der Waals surface area contributed by atoms with E-state index in [9.17, 15) is 9.90 Å². The fourth-order valence-corrected chi connectivity index (χ4v) is 4.25. The van der Waals surface area contributed by atoms with E-state index in [1.165, 1.54) is 5.57 Å². The average molecular weight is 508 g/mol. The Hall–Kier alpha value is -4.35. The van der Waals surface area contributed by atoms with Gasteiger partial charge in [-0.15, -0.1) is 0 Å². The van der Waals surface area contributed by atoms with E-state index >= 15 is 0 Å². The molecule has 2 N–H and O–H groups in total. The van der Waals surface area contributed by atoms with Crippen LogP contribution in [-0.4, -0.2) is 24.7 Å². The van der Waals surface area contributed by atoms with Crippen molar-refractivity contribution >= 4 is 11.5 Å². The lowest BCUT2D eigenvalue weighted by Crippen LogP contribution is -2.30. The van der Waals surface area contributed by atoms with Crippen molar-refractivity contribution in [3.63, 3.8) is 0 Å². The van der Waals surface area contributed by atoms with Gasteiger partial charge >= 0.3 is 0 Å². The van der Waals surface area contributed by atoms with Gasteiger partial charge in [0.1, 0.15) is 11.5 Å². The number of ether oxygens (including phenoxy) is 2. The van der Waals surface area contributed by atoms with Crippen LogP contribution in [0, 0.1) is 0 Å². The SMILES string of the molecule is COc1cc(OCCC(=O)NC(c2ccccc2)c2ccc(/C3=C/C=C\C=C/C=C\C3)cc2)ccc1CO. The van der Waals surface area contributed by atoms with Gasteiger partial charge < -0.3 is 19.9 Å². The highest BCUT2D eigenvalue weighted by Crippen LogP contribution is 2.27. The van der Waals surface area contributed by atoms with Crippen LogP contribution in [0.5, 0.6) is 11.5 Å². The quantitative estimate of drug-likeness (QED) is 0.337. The molecule has 0 radical (unpaired) electrons. The Morgan fingerprint density at radius 1 is 0.921 bits per heavy atom. The van der Waals surface area contributed by atoms with Crippen LogP contribution in [0.4, 0.5) is 0 Å². The maximum atomic E-state index is 13.0. The van der Waals surface area contributed by atoms with Crippen LogP contribution >= 0.6 is 0 Å². The van der Waals surface area contributed by atoms with Crippen LogP contribution in [-0.2, 0) is 11.4 Å². The van der Waals surface area contributed by atoms with Crippen molar-refractivity contribution in [2.75, 3.05) is 13.7 Å². The molecule has 1 unspecified atom stereocenters. The lowest BCUT2D eigenvalue weighted by atomic mass is 9.95. The largest absolute Gasteiger partial charge is 0.496 e. The molecule has 0 saturated carbocycles. The van der Waals surface area contributed by atoms with Crippen LogP contribution in [0.15, 0.2) is 115 Å². The Balaban J connectivity index is 1.44. The van der Waals surface area contributed by atoms with Gasteiger partial charge in [0.2, 0.25) is 5.91 Å². The van der Waals surface area contributed by atoms with Crippen LogP contribution in [0.1, 0.15) is 41.1 Å². The van der Waals surface area contributed by atoms with Gasteiger partial charge in [0.05, 0.1) is 32.8 Å². The number of amides is 1. The van der Waals surface area contributed by atoms with Crippen molar-refractivity contribution < 1.29 is 19.4 Å². The minimum atomic E-state index is -0.278. The summed E-state index contributed by atoms with van der Waals surface area (Å²) in [6.45, 7) is 0.106. The fourth-order valence-electron chi connectivity index (χ4n) is 4.25. The van der Waals surface area contributed by atoms with Gasteiger partial charge in [-0.05, 0) is 40.8 Å². The molecule has 3 aromatic rings. The second kappa shape index (κ2) is 13.8. The van der Waals surface area contributed by atoms with E-state index in [4.69, 9.17) is 9.47 Å². The zero-order chi connectivity index (χ0) is 26.6. The van der Waals surface area contributed by atoms with E-state index in [0.29, 0.717) is 17.1 Å². The standard InChI is InChI=1S/C33H33NO4/c1-37-31-23-30(20-19-29(31)24-35)38-22-21-32(36)34-33(27-13-9-6-10-14-27)28-17-15-26(16-18-28)25-11-7-4-2-3-5-8-12-25/h2-11,13-20,23,33,35H,12,21-22,24H2,1H3,(H,34,36)/b3-2-,7-4-,8-5-,25-11+. The predicted molar refractivity (Wildman–Crippen MR) is 152 cm³/mol. The van der Waals surface area contributed by atoms with Crippen molar-refractivity contribution in [1.29, 1.82) is 0 Å². The number of nitrogens with one attached hydrogen (secondary N) is 1. The smallest absolute Gasteiger partial charge is 0.224 e. The minimum absolute atomic E-state index is 0.108. The highest BCUT2D eigenvalue weighted by Gasteiger charge is 2.17. The zero-order valence-electron chi connectivity index (χ0n) is 21.5. The molecule has 0 aromatic heterocycles. The van der Waals surface area contributed by atoms with Crippen molar-refractivity contribution in [3.8, 4) is 11.5 Å². The van der Waals surface area contributed by atoms with Gasteiger partial charge in [0.15, 0.2) is 0 Å². The highest BCUT2D eigenvalue weighted by atomic mass is 16.5. The Morgan fingerprint density at radius 3 is 2.42 bits per heavy atom. The van der Waals surface area contributed by atoms with E-state index in [1.807, 2.05) is 48.6 Å². The van der Waals surface area contributed by atoms with Gasteiger partial charge in [-0.1, -0.05) is 97.1 Å². The van der Waals surface area contributed by atoms with Gasteiger partial charge in [-0.3, -0.25) is 4.79 Å². The molecule has 4 rings (SSSR count). The van der Waals surface area contributed by atoms with Crippen LogP contribution in [0.3, 0.4) is 0 Å². The summed E-state index contributed by atoms with van der Waals surface area (Å²) in [6, 6.07) is 23.3. The molecule has 1 aliphatic rings. The van der Waals surface area contributed by atoms with E-state index in [2.05, 4.69) is 53.9 Å². The minimum Gasteiger partial charge on any atom is -0.496 e. The molecule has 0 fully saturated rings. The summed E-state index contributed by atoms with van der Waals surface area (Å²) in [5, 5.41) is 12.6. The first-order valence-corrected chi connectivity index (χ1v) is 12.7. The Morgan fingerprint density at radius 2 is 1.66 bits per heavy atom. The summed E-state index contributed by atoms with van der Waals surface area (Å²) in [5.74, 6) is 1.03. The monoisotopic (exact) mass is 507 g/mol. The molecule has 1 aliphatic carbocycles. The highest BCUT2D eigenvalue weighted by molar-refractivity contribution is 5.77. The molecule has 0 spiro atoms. The summed E-state index contributed by atoms with van der Waals surface area (Å²) in [7, 11) is 1.55. The van der Waals surface area contributed by atoms with Gasteiger partial charge in [0, 0.05) is 11.6 Å². The van der Waals surface area contributed by atoms with Gasteiger partial charge in [-0.2, -0.15) is 0 Å². The normalized spacial score (nSPS) is 17.5. The molecule has 0 aliphatic heterocycles. The molecule has 5 nitrogen and oxygen atoms in total. The molecule has 3 aromatic carbocycles. The van der Waals surface area contributed by atoms with Gasteiger partial charge in [-0.25, -0.2) is 0 Å². The molecule has 38 heavy (non-hydrogen) atoms. The second-order valence-electron chi connectivity index (χ2n) is 8.86. The maximum Gasteiger partial charge on any atom is 0.224 e. The first kappa shape index (κ1) is 26.7. The summed E-state index contributed by atoms with van der Waals surface area (Å²) in [4.78, 5) is 13.0. The topological polar surface area (TPSA) is 67.8 Å². The van der Waals surface area contributed by atoms with Crippen molar-refractivity contribution in [2.45, 2.75) is 25.5 Å². The summed E-state index contributed by atoms with van der Waals surface area (Å²) < 4.78 is 11.1. The molecule has 5 heteroatoms. The molecular formula is C33H33NO4. The number of aliphatic hydroxyl groups excluding tert-OH is 1. The van der Waals surface area contributed by atoms with Crippen molar-refractivity contribution in [3.05, 3.63) is 138 Å². The molecule has 1 amide bonds. The maximum absolute atomic E-state index is 13.0. The number of allylic oxidation sites excluding steroid dienone is 8. The third-order valence-electron chi connectivity index (χ3n) is 6.30. The Bertz CT molecular complexity index is 1320. The lowest BCUT2D eigenvalue weighted by Gasteiger charge is -2.21. The van der Waals surface area contributed by atoms with Gasteiger partial charge in [0.25, 0.3) is 0 Å². The number of methoxy groups -OCH3 is 1. The third kappa shape index (κ3) is 7.34. The summed E-state index contributed by atoms with van der Waals surface area (Å²) in [6.07, 6.45) is 15.5.